The summed E-state index contributed by atoms with van der Waals surface area (Å²) in [5.41, 5.74) is 2.58. The molecule has 4 rings (SSSR count). The van der Waals surface area contributed by atoms with E-state index in [9.17, 15) is 14.7 Å². The van der Waals surface area contributed by atoms with Gasteiger partial charge >= 0.3 is 5.97 Å². The lowest BCUT2D eigenvalue weighted by Gasteiger charge is -2.24. The van der Waals surface area contributed by atoms with Crippen molar-refractivity contribution in [3.63, 3.8) is 0 Å². The van der Waals surface area contributed by atoms with Crippen LogP contribution in [0.1, 0.15) is 39.4 Å². The number of ether oxygens (including phenoxy) is 2. The summed E-state index contributed by atoms with van der Waals surface area (Å²) in [4.78, 5) is 25.7. The number of carbonyl (C=O) groups is 2. The first kappa shape index (κ1) is 21.2. The predicted molar refractivity (Wildman–Crippen MR) is 121 cm³/mol. The van der Waals surface area contributed by atoms with Gasteiger partial charge in [0, 0.05) is 27.8 Å². The monoisotopic (exact) mass is 457 g/mol. The molecule has 2 N–H and O–H groups in total. The van der Waals surface area contributed by atoms with Crippen LogP contribution in [-0.2, 0) is 4.79 Å². The van der Waals surface area contributed by atoms with Crippen molar-refractivity contribution in [2.45, 2.75) is 19.3 Å². The maximum absolute atomic E-state index is 12.6. The Balaban J connectivity index is 1.87. The Kier molecular flexibility index (Phi) is 5.89. The Morgan fingerprint density at radius 3 is 2.61 bits per heavy atom. The van der Waals surface area contributed by atoms with Crippen LogP contribution >= 0.6 is 22.9 Å². The van der Waals surface area contributed by atoms with Crippen LogP contribution in [0.25, 0.3) is 11.1 Å². The minimum atomic E-state index is -1.04. The summed E-state index contributed by atoms with van der Waals surface area (Å²) in [5, 5.41) is 13.3. The van der Waals surface area contributed by atoms with Crippen LogP contribution in [0.3, 0.4) is 0 Å². The zero-order chi connectivity index (χ0) is 22.1. The van der Waals surface area contributed by atoms with Crippen LogP contribution in [0.2, 0.25) is 5.02 Å². The number of thiophene rings is 1. The smallest absolute Gasteiger partial charge is 0.346 e. The number of anilines is 1. The van der Waals surface area contributed by atoms with Crippen LogP contribution in [0, 0.1) is 0 Å². The second kappa shape index (κ2) is 8.61. The number of carboxylic acid groups (broad SMARTS) is 1. The summed E-state index contributed by atoms with van der Waals surface area (Å²) in [5.74, 6) is -0.317. The predicted octanol–water partition coefficient (Wildman–Crippen LogP) is 5.65. The molecule has 2 heterocycles. The molecule has 1 aliphatic heterocycles. The molecule has 1 aliphatic rings. The lowest BCUT2D eigenvalue weighted by Crippen LogP contribution is -2.22. The molecule has 0 bridgehead atoms. The zero-order valence-electron chi connectivity index (χ0n) is 16.9. The fourth-order valence-electron chi connectivity index (χ4n) is 3.77. The molecule has 8 heteroatoms. The number of methoxy groups -OCH3 is 1. The van der Waals surface area contributed by atoms with Gasteiger partial charge in [0.2, 0.25) is 5.91 Å². The number of aromatic carboxylic acids is 1. The minimum Gasteiger partial charge on any atom is -0.493 e. The molecule has 2 aromatic carbocycles. The van der Waals surface area contributed by atoms with Crippen LogP contribution in [-0.4, -0.2) is 30.7 Å². The fraction of sp³-hybridized carbons (Fsp3) is 0.217. The maximum Gasteiger partial charge on any atom is 0.346 e. The number of amides is 1. The van der Waals surface area contributed by atoms with E-state index < -0.39 is 5.97 Å². The number of nitrogens with one attached hydrogen (secondary N) is 1. The third-order valence-corrected chi connectivity index (χ3v) is 6.67. The van der Waals surface area contributed by atoms with Gasteiger partial charge in [-0.2, -0.15) is 0 Å². The lowest BCUT2D eigenvalue weighted by atomic mass is 9.88. The number of halogens is 1. The maximum atomic E-state index is 12.6. The molecule has 6 nitrogen and oxygen atoms in total. The standard InChI is InChI=1S/C23H20ClNO5S/c1-3-30-16-9-6-13(10-17(16)29-2)15-11-18(26)25-20-19(12-4-7-14(24)8-5-12)22(23(27)28)31-21(15)20/h4-10,15H,3,11H2,1-2H3,(H,25,26)(H,27,28)/t15-/m0/s1. The second-order valence-electron chi connectivity index (χ2n) is 7.01. The van der Waals surface area contributed by atoms with Gasteiger partial charge in [-0.1, -0.05) is 29.8 Å². The Labute approximate surface area is 188 Å². The highest BCUT2D eigenvalue weighted by atomic mass is 35.5. The number of rotatable bonds is 6. The number of carbonyl (C=O) groups excluding carboxylic acids is 1. The molecule has 31 heavy (non-hydrogen) atoms. The Bertz CT molecular complexity index is 1160. The number of benzene rings is 2. The number of carboxylic acids is 1. The van der Waals surface area contributed by atoms with Crippen molar-refractivity contribution < 1.29 is 24.2 Å². The first-order chi connectivity index (χ1) is 14.9. The van der Waals surface area contributed by atoms with Crippen molar-refractivity contribution in [2.75, 3.05) is 19.0 Å². The molecule has 1 amide bonds. The average Bonchev–Trinajstić information content (AvgIpc) is 3.14. The molecule has 0 saturated heterocycles. The van der Waals surface area contributed by atoms with E-state index in [4.69, 9.17) is 21.1 Å². The molecule has 1 aromatic heterocycles. The van der Waals surface area contributed by atoms with Gasteiger partial charge < -0.3 is 19.9 Å². The summed E-state index contributed by atoms with van der Waals surface area (Å²) in [6.45, 7) is 2.39. The molecule has 160 valence electrons. The highest BCUT2D eigenvalue weighted by molar-refractivity contribution is 7.15. The highest BCUT2D eigenvalue weighted by Gasteiger charge is 2.34. The summed E-state index contributed by atoms with van der Waals surface area (Å²) >= 11 is 7.19. The Hall–Kier alpha value is -3.03. The summed E-state index contributed by atoms with van der Waals surface area (Å²) in [6, 6.07) is 12.5. The number of hydrogen-bond acceptors (Lipinski definition) is 5. The summed E-state index contributed by atoms with van der Waals surface area (Å²) < 4.78 is 11.1. The van der Waals surface area contributed by atoms with Gasteiger partial charge in [0.1, 0.15) is 4.88 Å². The van der Waals surface area contributed by atoms with Crippen molar-refractivity contribution in [2.24, 2.45) is 0 Å². The number of fused-ring (bicyclic) bond motifs is 1. The normalized spacial score (nSPS) is 15.2. The summed E-state index contributed by atoms with van der Waals surface area (Å²) in [6.07, 6.45) is 0.212. The van der Waals surface area contributed by atoms with E-state index >= 15 is 0 Å². The fourth-order valence-corrected chi connectivity index (χ4v) is 5.15. The Morgan fingerprint density at radius 1 is 1.23 bits per heavy atom. The van der Waals surface area contributed by atoms with Gasteiger partial charge in [-0.05, 0) is 42.3 Å². The van der Waals surface area contributed by atoms with E-state index in [2.05, 4.69) is 5.32 Å². The summed E-state index contributed by atoms with van der Waals surface area (Å²) in [7, 11) is 1.56. The Morgan fingerprint density at radius 2 is 1.97 bits per heavy atom. The van der Waals surface area contributed by atoms with E-state index in [1.54, 1.807) is 31.4 Å². The average molecular weight is 458 g/mol. The van der Waals surface area contributed by atoms with Crippen molar-refractivity contribution in [1.29, 1.82) is 0 Å². The molecule has 0 radical (unpaired) electrons. The SMILES string of the molecule is CCOc1ccc([C@@H]2CC(=O)Nc3c2sc(C(=O)O)c3-c2ccc(Cl)cc2)cc1OC. The molecule has 0 aliphatic carbocycles. The highest BCUT2D eigenvalue weighted by Crippen LogP contribution is 2.50. The van der Waals surface area contributed by atoms with Gasteiger partial charge in [-0.3, -0.25) is 4.79 Å². The quantitative estimate of drug-likeness (QED) is 0.499. The topological polar surface area (TPSA) is 84.9 Å². The van der Waals surface area contributed by atoms with Crippen LogP contribution < -0.4 is 14.8 Å². The first-order valence-electron chi connectivity index (χ1n) is 9.69. The van der Waals surface area contributed by atoms with E-state index in [0.717, 1.165) is 10.4 Å². The molecule has 0 spiro atoms. The minimum absolute atomic E-state index is 0.171. The van der Waals surface area contributed by atoms with Crippen LogP contribution in [0.5, 0.6) is 11.5 Å². The molecule has 1 atom stereocenters. The molecule has 0 saturated carbocycles. The van der Waals surface area contributed by atoms with E-state index in [1.807, 2.05) is 25.1 Å². The van der Waals surface area contributed by atoms with Crippen molar-refractivity contribution in [3.8, 4) is 22.6 Å². The molecule has 0 unspecified atom stereocenters. The van der Waals surface area contributed by atoms with Crippen LogP contribution in [0.4, 0.5) is 5.69 Å². The molecule has 0 fully saturated rings. The van der Waals surface area contributed by atoms with Gasteiger partial charge in [0.25, 0.3) is 0 Å². The first-order valence-corrected chi connectivity index (χ1v) is 10.9. The van der Waals surface area contributed by atoms with Gasteiger partial charge in [-0.15, -0.1) is 11.3 Å². The second-order valence-corrected chi connectivity index (χ2v) is 8.49. The largest absolute Gasteiger partial charge is 0.493 e. The zero-order valence-corrected chi connectivity index (χ0v) is 18.5. The van der Waals surface area contributed by atoms with E-state index in [1.165, 1.54) is 11.3 Å². The van der Waals surface area contributed by atoms with Crippen LogP contribution in [0.15, 0.2) is 42.5 Å². The lowest BCUT2D eigenvalue weighted by molar-refractivity contribution is -0.116. The third kappa shape index (κ3) is 3.98. The molecule has 3 aromatic rings. The molecular weight excluding hydrogens is 438 g/mol. The van der Waals surface area contributed by atoms with E-state index in [0.29, 0.717) is 39.9 Å². The van der Waals surface area contributed by atoms with E-state index in [-0.39, 0.29) is 23.1 Å². The van der Waals surface area contributed by atoms with Crippen molar-refractivity contribution in [1.82, 2.24) is 0 Å². The molecular formula is C23H20ClNO5S. The number of hydrogen-bond donors (Lipinski definition) is 2. The third-order valence-electron chi connectivity index (χ3n) is 5.12. The van der Waals surface area contributed by atoms with Gasteiger partial charge in [0.05, 0.1) is 19.4 Å². The van der Waals surface area contributed by atoms with Crippen molar-refractivity contribution in [3.05, 3.63) is 62.8 Å². The van der Waals surface area contributed by atoms with Gasteiger partial charge in [-0.25, -0.2) is 4.79 Å². The van der Waals surface area contributed by atoms with Crippen molar-refractivity contribution >= 4 is 40.5 Å². The van der Waals surface area contributed by atoms with Gasteiger partial charge in [0.15, 0.2) is 11.5 Å².